The van der Waals surface area contributed by atoms with Crippen molar-refractivity contribution >= 4 is 18.5 Å². The van der Waals surface area contributed by atoms with Crippen molar-refractivity contribution in [3.8, 4) is 0 Å². The first-order valence-electron chi connectivity index (χ1n) is 7.14. The molecule has 0 unspecified atom stereocenters. The molecule has 0 saturated heterocycles. The number of rotatable bonds is 0. The topological polar surface area (TPSA) is 48.3 Å². The molecule has 2 heterocycles. The summed E-state index contributed by atoms with van der Waals surface area (Å²) in [7, 11) is 0. The summed E-state index contributed by atoms with van der Waals surface area (Å²) < 4.78 is 0. The van der Waals surface area contributed by atoms with Gasteiger partial charge in [0.05, 0.1) is 25.5 Å². The minimum atomic E-state index is -0.212. The molecule has 0 aliphatic carbocycles. The summed E-state index contributed by atoms with van der Waals surface area (Å²) >= 11 is 0. The van der Waals surface area contributed by atoms with Gasteiger partial charge in [0.25, 0.3) is 0 Å². The van der Waals surface area contributed by atoms with E-state index in [-0.39, 0.29) is 6.03 Å². The highest BCUT2D eigenvalue weighted by atomic mass is 16.2. The van der Waals surface area contributed by atoms with Crippen LogP contribution in [0.4, 0.5) is 4.79 Å². The van der Waals surface area contributed by atoms with Crippen LogP contribution < -0.4 is 0 Å². The number of hydrogen-bond donors (Lipinski definition) is 0. The highest BCUT2D eigenvalue weighted by Crippen LogP contribution is 2.20. The van der Waals surface area contributed by atoms with Gasteiger partial charge in [-0.2, -0.15) is 10.2 Å². The predicted octanol–water partition coefficient (Wildman–Crippen LogP) is 2.81. The van der Waals surface area contributed by atoms with Gasteiger partial charge in [-0.25, -0.2) is 14.8 Å². The molecule has 2 aromatic carbocycles. The highest BCUT2D eigenvalue weighted by Gasteiger charge is 2.25. The Kier molecular flexibility index (Phi) is 2.96. The molecule has 0 N–H and O–H groups in total. The van der Waals surface area contributed by atoms with Crippen molar-refractivity contribution in [3.05, 3.63) is 70.8 Å². The Balaban J connectivity index is 1.55. The minimum absolute atomic E-state index is 0.212. The molecular weight excluding hydrogens is 276 g/mol. The fourth-order valence-electron chi connectivity index (χ4n) is 2.64. The molecule has 2 aliphatic heterocycles. The Morgan fingerprint density at radius 3 is 1.73 bits per heavy atom. The van der Waals surface area contributed by atoms with E-state index in [9.17, 15) is 4.79 Å². The standard InChI is InChI=1S/C17H14N4O/c22-17(20-11-15-7-3-1-5-13(15)9-18-20)21-12-16-8-4-2-6-14(16)10-19-21/h1-10H,11-12H2. The van der Waals surface area contributed by atoms with Crippen LogP contribution in [-0.4, -0.2) is 28.5 Å². The summed E-state index contributed by atoms with van der Waals surface area (Å²) in [5, 5.41) is 11.4. The van der Waals surface area contributed by atoms with E-state index >= 15 is 0 Å². The second kappa shape index (κ2) is 5.11. The third-order valence-corrected chi connectivity index (χ3v) is 3.86. The maximum absolute atomic E-state index is 12.6. The zero-order chi connectivity index (χ0) is 14.9. The Morgan fingerprint density at radius 2 is 1.23 bits per heavy atom. The second-order valence-corrected chi connectivity index (χ2v) is 5.28. The number of nitrogens with zero attached hydrogens (tertiary/aromatic N) is 4. The number of amides is 2. The van der Waals surface area contributed by atoms with Gasteiger partial charge >= 0.3 is 6.03 Å². The Bertz CT molecular complexity index is 731. The van der Waals surface area contributed by atoms with Crippen LogP contribution in [0.2, 0.25) is 0 Å². The molecule has 0 bridgehead atoms. The average molecular weight is 290 g/mol. The number of hydrazone groups is 2. The van der Waals surface area contributed by atoms with E-state index in [1.54, 1.807) is 12.4 Å². The van der Waals surface area contributed by atoms with Crippen molar-refractivity contribution in [2.75, 3.05) is 0 Å². The lowest BCUT2D eigenvalue weighted by Gasteiger charge is -2.28. The van der Waals surface area contributed by atoms with Gasteiger partial charge in [-0.05, 0) is 22.3 Å². The number of urea groups is 1. The van der Waals surface area contributed by atoms with Crippen molar-refractivity contribution in [1.29, 1.82) is 0 Å². The zero-order valence-corrected chi connectivity index (χ0v) is 11.9. The van der Waals surface area contributed by atoms with E-state index < -0.39 is 0 Å². The molecule has 5 nitrogen and oxygen atoms in total. The number of hydrogen-bond acceptors (Lipinski definition) is 3. The molecule has 108 valence electrons. The van der Waals surface area contributed by atoms with Crippen molar-refractivity contribution in [1.82, 2.24) is 10.0 Å². The van der Waals surface area contributed by atoms with Gasteiger partial charge in [-0.3, -0.25) is 0 Å². The van der Waals surface area contributed by atoms with E-state index in [0.29, 0.717) is 13.1 Å². The van der Waals surface area contributed by atoms with Gasteiger partial charge in [0.1, 0.15) is 0 Å². The predicted molar refractivity (Wildman–Crippen MR) is 84.6 cm³/mol. The van der Waals surface area contributed by atoms with Gasteiger partial charge in [-0.1, -0.05) is 48.5 Å². The Morgan fingerprint density at radius 1 is 0.773 bits per heavy atom. The van der Waals surface area contributed by atoms with Crippen LogP contribution >= 0.6 is 0 Å². The molecular formula is C17H14N4O. The first-order chi connectivity index (χ1) is 10.8. The van der Waals surface area contributed by atoms with E-state index in [1.165, 1.54) is 10.0 Å². The fraction of sp³-hybridized carbons (Fsp3) is 0.118. The third kappa shape index (κ3) is 2.16. The number of benzene rings is 2. The van der Waals surface area contributed by atoms with Crippen molar-refractivity contribution in [2.45, 2.75) is 13.1 Å². The van der Waals surface area contributed by atoms with E-state index in [0.717, 1.165) is 22.3 Å². The second-order valence-electron chi connectivity index (χ2n) is 5.28. The van der Waals surface area contributed by atoms with Gasteiger partial charge < -0.3 is 0 Å². The smallest absolute Gasteiger partial charge is 0.244 e. The normalized spacial score (nSPS) is 15.5. The van der Waals surface area contributed by atoms with Gasteiger partial charge in [0.15, 0.2) is 0 Å². The average Bonchev–Trinajstić information content (AvgIpc) is 2.60. The maximum atomic E-state index is 12.6. The van der Waals surface area contributed by atoms with Crippen LogP contribution in [-0.2, 0) is 13.1 Å². The van der Waals surface area contributed by atoms with Crippen LogP contribution in [0.25, 0.3) is 0 Å². The van der Waals surface area contributed by atoms with Crippen LogP contribution in [0.1, 0.15) is 22.3 Å². The molecule has 2 aliphatic rings. The lowest BCUT2D eigenvalue weighted by atomic mass is 10.1. The van der Waals surface area contributed by atoms with Crippen LogP contribution in [0, 0.1) is 0 Å². The van der Waals surface area contributed by atoms with E-state index in [1.807, 2.05) is 48.5 Å². The summed E-state index contributed by atoms with van der Waals surface area (Å²) in [6.45, 7) is 0.943. The summed E-state index contributed by atoms with van der Waals surface area (Å²) in [5.41, 5.74) is 4.29. The monoisotopic (exact) mass is 290 g/mol. The Hall–Kier alpha value is -2.95. The van der Waals surface area contributed by atoms with E-state index in [2.05, 4.69) is 10.2 Å². The summed E-state index contributed by atoms with van der Waals surface area (Å²) in [5.74, 6) is 0. The molecule has 4 rings (SSSR count). The van der Waals surface area contributed by atoms with Crippen molar-refractivity contribution < 1.29 is 4.79 Å². The maximum Gasteiger partial charge on any atom is 0.361 e. The minimum Gasteiger partial charge on any atom is -0.244 e. The highest BCUT2D eigenvalue weighted by molar-refractivity contribution is 5.87. The first-order valence-corrected chi connectivity index (χ1v) is 7.14. The fourth-order valence-corrected chi connectivity index (χ4v) is 2.64. The van der Waals surface area contributed by atoms with Crippen molar-refractivity contribution in [2.24, 2.45) is 10.2 Å². The van der Waals surface area contributed by atoms with Crippen molar-refractivity contribution in [3.63, 3.8) is 0 Å². The molecule has 0 spiro atoms. The summed E-state index contributed by atoms with van der Waals surface area (Å²) in [6.07, 6.45) is 3.44. The molecule has 2 aromatic rings. The quantitative estimate of drug-likeness (QED) is 0.736. The lowest BCUT2D eigenvalue weighted by Crippen LogP contribution is -2.39. The zero-order valence-electron chi connectivity index (χ0n) is 11.9. The lowest BCUT2D eigenvalue weighted by molar-refractivity contribution is 0.150. The number of carbonyl (C=O) groups excluding carboxylic acids is 1. The SMILES string of the molecule is O=C(N1Cc2ccccc2C=N1)N1Cc2ccccc2C=N1. The third-order valence-electron chi connectivity index (χ3n) is 3.86. The molecule has 2 amide bonds. The van der Waals surface area contributed by atoms with Crippen LogP contribution in [0.15, 0.2) is 58.7 Å². The number of fused-ring (bicyclic) bond motifs is 2. The number of carbonyl (C=O) groups is 1. The van der Waals surface area contributed by atoms with Crippen LogP contribution in [0.3, 0.4) is 0 Å². The van der Waals surface area contributed by atoms with Gasteiger partial charge in [0.2, 0.25) is 0 Å². The molecule has 0 aromatic heterocycles. The summed E-state index contributed by atoms with van der Waals surface area (Å²) in [4.78, 5) is 12.6. The molecule has 0 saturated carbocycles. The molecule has 0 fully saturated rings. The first kappa shape index (κ1) is 12.8. The molecule has 0 radical (unpaired) electrons. The molecule has 22 heavy (non-hydrogen) atoms. The Labute approximate surface area is 128 Å². The van der Waals surface area contributed by atoms with Gasteiger partial charge in [0, 0.05) is 0 Å². The summed E-state index contributed by atoms with van der Waals surface area (Å²) in [6, 6.07) is 15.7. The molecule has 0 atom stereocenters. The van der Waals surface area contributed by atoms with Crippen LogP contribution in [0.5, 0.6) is 0 Å². The van der Waals surface area contributed by atoms with E-state index in [4.69, 9.17) is 0 Å². The largest absolute Gasteiger partial charge is 0.361 e. The van der Waals surface area contributed by atoms with Gasteiger partial charge in [-0.15, -0.1) is 0 Å². The molecule has 5 heteroatoms.